The van der Waals surface area contributed by atoms with Gasteiger partial charge in [-0.2, -0.15) is 0 Å². The van der Waals surface area contributed by atoms with Crippen molar-refractivity contribution in [1.29, 1.82) is 0 Å². The molecule has 156 valence electrons. The molecule has 0 aromatic heterocycles. The second-order valence-electron chi connectivity index (χ2n) is 7.66. The fourth-order valence-corrected chi connectivity index (χ4v) is 3.34. The van der Waals surface area contributed by atoms with Crippen molar-refractivity contribution in [1.82, 2.24) is 4.90 Å². The summed E-state index contributed by atoms with van der Waals surface area (Å²) >= 11 is 0. The lowest BCUT2D eigenvalue weighted by molar-refractivity contribution is -0.0196. The second kappa shape index (κ2) is 10.5. The van der Waals surface area contributed by atoms with Crippen molar-refractivity contribution >= 4 is 5.71 Å². The van der Waals surface area contributed by atoms with E-state index in [1.807, 2.05) is 55.1 Å². The van der Waals surface area contributed by atoms with Crippen LogP contribution in [0.2, 0.25) is 0 Å². The molecule has 1 N–H and O–H groups in total. The second-order valence-corrected chi connectivity index (χ2v) is 7.66. The van der Waals surface area contributed by atoms with Crippen LogP contribution in [0.15, 0.2) is 59.8 Å². The molecule has 1 aliphatic heterocycles. The summed E-state index contributed by atoms with van der Waals surface area (Å²) in [6.07, 6.45) is -0.0870. The van der Waals surface area contributed by atoms with Crippen molar-refractivity contribution in [2.24, 2.45) is 5.16 Å². The molecule has 6 heteroatoms. The molecule has 2 aromatic carbocycles. The first-order chi connectivity index (χ1) is 14.0. The van der Waals surface area contributed by atoms with Crippen molar-refractivity contribution in [3.63, 3.8) is 0 Å². The smallest absolute Gasteiger partial charge is 0.145 e. The first-order valence-corrected chi connectivity index (χ1v) is 10.0. The quantitative estimate of drug-likeness (QED) is 0.662. The van der Waals surface area contributed by atoms with Crippen molar-refractivity contribution in [2.45, 2.75) is 45.1 Å². The van der Waals surface area contributed by atoms with Crippen molar-refractivity contribution in [2.75, 3.05) is 19.7 Å². The predicted octanol–water partition coefficient (Wildman–Crippen LogP) is 3.61. The normalized spacial score (nSPS) is 17.4. The van der Waals surface area contributed by atoms with Crippen LogP contribution < -0.4 is 0 Å². The maximum Gasteiger partial charge on any atom is 0.145 e. The van der Waals surface area contributed by atoms with Crippen molar-refractivity contribution in [3.8, 4) is 0 Å². The molecular formula is C23H29FN2O3. The summed E-state index contributed by atoms with van der Waals surface area (Å²) in [5, 5.41) is 14.6. The van der Waals surface area contributed by atoms with E-state index in [4.69, 9.17) is 9.57 Å². The van der Waals surface area contributed by atoms with Gasteiger partial charge in [-0.1, -0.05) is 53.7 Å². The molecule has 2 unspecified atom stereocenters. The van der Waals surface area contributed by atoms with Crippen LogP contribution in [0.3, 0.4) is 0 Å². The molecule has 1 heterocycles. The molecule has 2 aromatic rings. The largest absolute Gasteiger partial charge is 0.390 e. The molecule has 0 spiro atoms. The van der Waals surface area contributed by atoms with E-state index in [1.54, 1.807) is 12.1 Å². The van der Waals surface area contributed by atoms with Crippen LogP contribution in [0.5, 0.6) is 0 Å². The number of aliphatic hydroxyl groups excluding tert-OH is 1. The molecule has 5 nitrogen and oxygen atoms in total. The van der Waals surface area contributed by atoms with Crippen LogP contribution in [-0.2, 0) is 16.1 Å². The van der Waals surface area contributed by atoms with Gasteiger partial charge in [0, 0.05) is 31.6 Å². The van der Waals surface area contributed by atoms with E-state index in [0.717, 1.165) is 11.3 Å². The fraction of sp³-hybridized carbons (Fsp3) is 0.435. The van der Waals surface area contributed by atoms with Crippen LogP contribution in [-0.4, -0.2) is 53.7 Å². The Morgan fingerprint density at radius 3 is 2.62 bits per heavy atom. The van der Waals surface area contributed by atoms with Crippen LogP contribution >= 0.6 is 0 Å². The SMILES string of the molecule is CC(C)OCC(O)CN(Cc1ccccc1F)CC1CC(c2ccccc2)=NO1. The van der Waals surface area contributed by atoms with Gasteiger partial charge in [-0.15, -0.1) is 0 Å². The number of nitrogens with zero attached hydrogens (tertiary/aromatic N) is 2. The number of rotatable bonds is 10. The molecule has 0 fully saturated rings. The fourth-order valence-electron chi connectivity index (χ4n) is 3.34. The molecule has 0 radical (unpaired) electrons. The number of hydrogen-bond acceptors (Lipinski definition) is 5. The van der Waals surface area contributed by atoms with Gasteiger partial charge < -0.3 is 14.7 Å². The molecule has 0 bridgehead atoms. The third-order valence-corrected chi connectivity index (χ3v) is 4.74. The average molecular weight is 400 g/mol. The standard InChI is InChI=1S/C23H29FN2O3/c1-17(2)28-16-20(27)14-26(13-19-10-6-7-11-22(19)24)15-21-12-23(25-29-21)18-8-4-3-5-9-18/h3-11,17,20-21,27H,12-16H2,1-2H3. The van der Waals surface area contributed by atoms with Crippen LogP contribution in [0.25, 0.3) is 0 Å². The molecule has 29 heavy (non-hydrogen) atoms. The van der Waals surface area contributed by atoms with E-state index in [-0.39, 0.29) is 24.6 Å². The number of benzene rings is 2. The third-order valence-electron chi connectivity index (χ3n) is 4.74. The van der Waals surface area contributed by atoms with Gasteiger partial charge in [0.25, 0.3) is 0 Å². The Bertz CT molecular complexity index is 798. The maximum atomic E-state index is 14.2. The highest BCUT2D eigenvalue weighted by molar-refractivity contribution is 6.01. The van der Waals surface area contributed by atoms with E-state index >= 15 is 0 Å². The zero-order chi connectivity index (χ0) is 20.6. The first kappa shape index (κ1) is 21.4. The van der Waals surface area contributed by atoms with Crippen molar-refractivity contribution < 1.29 is 19.1 Å². The molecule has 3 rings (SSSR count). The predicted molar refractivity (Wildman–Crippen MR) is 111 cm³/mol. The highest BCUT2D eigenvalue weighted by atomic mass is 19.1. The van der Waals surface area contributed by atoms with E-state index < -0.39 is 6.10 Å². The summed E-state index contributed by atoms with van der Waals surface area (Å²) in [5.41, 5.74) is 2.54. The zero-order valence-electron chi connectivity index (χ0n) is 17.0. The Hall–Kier alpha value is -2.28. The Balaban J connectivity index is 1.62. The summed E-state index contributed by atoms with van der Waals surface area (Å²) in [6.45, 7) is 5.38. The molecule has 2 atom stereocenters. The minimum absolute atomic E-state index is 0.0460. The zero-order valence-corrected chi connectivity index (χ0v) is 17.0. The minimum Gasteiger partial charge on any atom is -0.390 e. The van der Waals surface area contributed by atoms with E-state index in [2.05, 4.69) is 5.16 Å². The molecule has 0 saturated carbocycles. The van der Waals surface area contributed by atoms with E-state index in [1.165, 1.54) is 6.07 Å². The van der Waals surface area contributed by atoms with Gasteiger partial charge in [-0.3, -0.25) is 4.90 Å². The number of oxime groups is 1. The monoisotopic (exact) mass is 400 g/mol. The van der Waals surface area contributed by atoms with Crippen LogP contribution in [0.1, 0.15) is 31.4 Å². The number of halogens is 1. The number of aliphatic hydroxyl groups is 1. The Morgan fingerprint density at radius 2 is 1.90 bits per heavy atom. The highest BCUT2D eigenvalue weighted by Gasteiger charge is 2.26. The lowest BCUT2D eigenvalue weighted by Crippen LogP contribution is -2.39. The van der Waals surface area contributed by atoms with Gasteiger partial charge in [0.1, 0.15) is 11.9 Å². The summed E-state index contributed by atoms with van der Waals surface area (Å²) in [4.78, 5) is 7.64. The molecule has 0 aliphatic carbocycles. The van der Waals surface area contributed by atoms with Gasteiger partial charge in [-0.05, 0) is 25.5 Å². The van der Waals surface area contributed by atoms with Gasteiger partial charge >= 0.3 is 0 Å². The van der Waals surface area contributed by atoms with Crippen molar-refractivity contribution in [3.05, 3.63) is 71.5 Å². The summed E-state index contributed by atoms with van der Waals surface area (Å²) in [6, 6.07) is 16.6. The summed E-state index contributed by atoms with van der Waals surface area (Å²) in [5.74, 6) is -0.251. The summed E-state index contributed by atoms with van der Waals surface area (Å²) in [7, 11) is 0. The number of hydrogen-bond donors (Lipinski definition) is 1. The molecule has 1 aliphatic rings. The van der Waals surface area contributed by atoms with Gasteiger partial charge in [0.15, 0.2) is 0 Å². The Labute approximate surface area is 171 Å². The van der Waals surface area contributed by atoms with Gasteiger partial charge in [-0.25, -0.2) is 4.39 Å². The lowest BCUT2D eigenvalue weighted by Gasteiger charge is -2.27. The molecule has 0 saturated heterocycles. The highest BCUT2D eigenvalue weighted by Crippen LogP contribution is 2.19. The first-order valence-electron chi connectivity index (χ1n) is 10.0. The van der Waals surface area contributed by atoms with Gasteiger partial charge in [0.05, 0.1) is 24.5 Å². The minimum atomic E-state index is -0.667. The molecular weight excluding hydrogens is 371 g/mol. The van der Waals surface area contributed by atoms with Crippen LogP contribution in [0.4, 0.5) is 4.39 Å². The summed E-state index contributed by atoms with van der Waals surface area (Å²) < 4.78 is 19.7. The Morgan fingerprint density at radius 1 is 1.17 bits per heavy atom. The van der Waals surface area contributed by atoms with E-state index in [0.29, 0.717) is 31.6 Å². The molecule has 0 amide bonds. The van der Waals surface area contributed by atoms with E-state index in [9.17, 15) is 9.50 Å². The van der Waals surface area contributed by atoms with Crippen LogP contribution in [0, 0.1) is 5.82 Å². The maximum absolute atomic E-state index is 14.2. The Kier molecular flexibility index (Phi) is 7.75. The third kappa shape index (κ3) is 6.63. The average Bonchev–Trinajstić information content (AvgIpc) is 3.17. The number of ether oxygens (including phenoxy) is 1. The lowest BCUT2D eigenvalue weighted by atomic mass is 10.0. The van der Waals surface area contributed by atoms with Gasteiger partial charge in [0.2, 0.25) is 0 Å². The topological polar surface area (TPSA) is 54.3 Å².